The fourth-order valence-corrected chi connectivity index (χ4v) is 4.95. The Labute approximate surface area is 223 Å². The van der Waals surface area contributed by atoms with Crippen LogP contribution in [0.3, 0.4) is 0 Å². The van der Waals surface area contributed by atoms with Gasteiger partial charge in [-0.25, -0.2) is 0 Å². The monoisotopic (exact) mass is 532 g/mol. The van der Waals surface area contributed by atoms with Crippen LogP contribution in [0.2, 0.25) is 0 Å². The van der Waals surface area contributed by atoms with Crippen LogP contribution in [0.4, 0.5) is 5.69 Å². The summed E-state index contributed by atoms with van der Waals surface area (Å²) in [7, 11) is 0. The number of aromatic nitrogens is 4. The molecule has 39 heavy (non-hydrogen) atoms. The zero-order valence-corrected chi connectivity index (χ0v) is 21.4. The van der Waals surface area contributed by atoms with Crippen molar-refractivity contribution in [3.63, 3.8) is 0 Å². The van der Waals surface area contributed by atoms with Crippen LogP contribution in [0.1, 0.15) is 43.2 Å². The highest BCUT2D eigenvalue weighted by molar-refractivity contribution is 6.01. The van der Waals surface area contributed by atoms with E-state index in [-0.39, 0.29) is 24.3 Å². The molecular formula is C27H28N6O6. The van der Waals surface area contributed by atoms with Gasteiger partial charge in [0.1, 0.15) is 31.3 Å². The van der Waals surface area contributed by atoms with Crippen LogP contribution in [0.25, 0.3) is 11.6 Å². The molecule has 1 N–H and O–H groups in total. The first-order valence-corrected chi connectivity index (χ1v) is 13.0. The Morgan fingerprint density at radius 3 is 2.67 bits per heavy atom. The van der Waals surface area contributed by atoms with E-state index >= 15 is 0 Å². The number of aryl methyl sites for hydroxylation is 1. The lowest BCUT2D eigenvalue weighted by atomic mass is 10.1. The van der Waals surface area contributed by atoms with Crippen LogP contribution in [0, 0.1) is 6.92 Å². The van der Waals surface area contributed by atoms with Gasteiger partial charge in [0.05, 0.1) is 6.26 Å². The summed E-state index contributed by atoms with van der Waals surface area (Å²) < 4.78 is 22.7. The summed E-state index contributed by atoms with van der Waals surface area (Å²) >= 11 is 0. The second kappa shape index (κ2) is 10.6. The Morgan fingerprint density at radius 1 is 1.10 bits per heavy atom. The second-order valence-electron chi connectivity index (χ2n) is 9.55. The predicted molar refractivity (Wildman–Crippen MR) is 137 cm³/mol. The highest BCUT2D eigenvalue weighted by atomic mass is 16.6. The first-order valence-electron chi connectivity index (χ1n) is 13.0. The maximum Gasteiger partial charge on any atom is 0.251 e. The summed E-state index contributed by atoms with van der Waals surface area (Å²) in [5, 5.41) is 15.5. The fourth-order valence-electron chi connectivity index (χ4n) is 4.95. The normalized spacial score (nSPS) is 15.7. The van der Waals surface area contributed by atoms with Crippen molar-refractivity contribution in [2.24, 2.45) is 0 Å². The van der Waals surface area contributed by atoms with Crippen molar-refractivity contribution in [1.29, 1.82) is 0 Å². The van der Waals surface area contributed by atoms with Crippen LogP contribution >= 0.6 is 0 Å². The van der Waals surface area contributed by atoms with E-state index in [1.54, 1.807) is 42.5 Å². The topological polar surface area (TPSA) is 138 Å². The van der Waals surface area contributed by atoms with Crippen molar-refractivity contribution in [3.8, 4) is 23.1 Å². The van der Waals surface area contributed by atoms with E-state index in [0.29, 0.717) is 47.7 Å². The number of rotatable bonds is 8. The number of nitrogens with one attached hydrogen (secondary N) is 1. The molecule has 4 aromatic rings. The average Bonchev–Trinajstić information content (AvgIpc) is 3.76. The van der Waals surface area contributed by atoms with Gasteiger partial charge in [0, 0.05) is 17.8 Å². The molecule has 4 heterocycles. The van der Waals surface area contributed by atoms with E-state index in [2.05, 4.69) is 20.7 Å². The summed E-state index contributed by atoms with van der Waals surface area (Å²) in [5.74, 6) is 2.00. The van der Waals surface area contributed by atoms with Gasteiger partial charge >= 0.3 is 0 Å². The molecule has 1 aliphatic carbocycles. The zero-order chi connectivity index (χ0) is 26.8. The predicted octanol–water partition coefficient (Wildman–Crippen LogP) is 3.44. The number of furan rings is 2. The number of hydrogen-bond donors (Lipinski definition) is 1. The van der Waals surface area contributed by atoms with Gasteiger partial charge in [-0.2, -0.15) is 4.80 Å². The summed E-state index contributed by atoms with van der Waals surface area (Å²) in [6.07, 6.45) is 5.38. The Balaban J connectivity index is 1.35. The van der Waals surface area contributed by atoms with Crippen molar-refractivity contribution < 1.29 is 27.9 Å². The minimum atomic E-state index is -1.08. The SMILES string of the molecule is Cc1ccc(-c2nnn(CC(=O)N(c3ccc4c(c3)OCCO4)C(C(=O)NC3CCCC3)c3ccco3)n2)o1. The van der Waals surface area contributed by atoms with Gasteiger partial charge in [0.25, 0.3) is 11.8 Å². The van der Waals surface area contributed by atoms with Gasteiger partial charge in [0.15, 0.2) is 23.3 Å². The van der Waals surface area contributed by atoms with E-state index in [1.807, 2.05) is 6.92 Å². The molecule has 1 aromatic carbocycles. The van der Waals surface area contributed by atoms with E-state index in [0.717, 1.165) is 25.7 Å². The third-order valence-corrected chi connectivity index (χ3v) is 6.78. The number of benzene rings is 1. The molecule has 6 rings (SSSR count). The first kappa shape index (κ1) is 24.7. The molecule has 12 nitrogen and oxygen atoms in total. The van der Waals surface area contributed by atoms with Crippen molar-refractivity contribution in [2.45, 2.75) is 51.2 Å². The van der Waals surface area contributed by atoms with Crippen LogP contribution in [0.5, 0.6) is 11.5 Å². The maximum absolute atomic E-state index is 14.0. The summed E-state index contributed by atoms with van der Waals surface area (Å²) in [6.45, 7) is 2.35. The molecule has 3 aromatic heterocycles. The molecule has 0 radical (unpaired) electrons. The number of amides is 2. The molecule has 0 spiro atoms. The third-order valence-electron chi connectivity index (χ3n) is 6.78. The molecule has 2 amide bonds. The Morgan fingerprint density at radius 2 is 1.92 bits per heavy atom. The molecule has 1 unspecified atom stereocenters. The quantitative estimate of drug-likeness (QED) is 0.362. The molecule has 1 fully saturated rings. The van der Waals surface area contributed by atoms with Crippen LogP contribution < -0.4 is 19.7 Å². The van der Waals surface area contributed by atoms with Crippen LogP contribution in [-0.2, 0) is 16.1 Å². The van der Waals surface area contributed by atoms with E-state index in [1.165, 1.54) is 16.0 Å². The van der Waals surface area contributed by atoms with Gasteiger partial charge in [-0.15, -0.1) is 10.2 Å². The summed E-state index contributed by atoms with van der Waals surface area (Å²) in [5.41, 5.74) is 0.439. The zero-order valence-electron chi connectivity index (χ0n) is 21.4. The summed E-state index contributed by atoms with van der Waals surface area (Å²) in [6, 6.07) is 11.0. The molecule has 1 aliphatic heterocycles. The number of nitrogens with zero attached hydrogens (tertiary/aromatic N) is 5. The highest BCUT2D eigenvalue weighted by Crippen LogP contribution is 2.37. The van der Waals surface area contributed by atoms with Gasteiger partial charge in [-0.3, -0.25) is 14.5 Å². The Kier molecular flexibility index (Phi) is 6.74. The smallest absolute Gasteiger partial charge is 0.251 e. The third kappa shape index (κ3) is 5.22. The van der Waals surface area contributed by atoms with Gasteiger partial charge in [-0.05, 0) is 61.4 Å². The molecule has 2 aliphatic rings. The molecule has 202 valence electrons. The second-order valence-corrected chi connectivity index (χ2v) is 9.55. The first-order chi connectivity index (χ1) is 19.0. The molecule has 0 bridgehead atoms. The number of carbonyl (C=O) groups is 2. The summed E-state index contributed by atoms with van der Waals surface area (Å²) in [4.78, 5) is 30.3. The number of carbonyl (C=O) groups excluding carboxylic acids is 2. The number of fused-ring (bicyclic) bond motifs is 1. The van der Waals surface area contributed by atoms with Crippen molar-refractivity contribution in [2.75, 3.05) is 18.1 Å². The number of hydrogen-bond acceptors (Lipinski definition) is 9. The van der Waals surface area contributed by atoms with Crippen molar-refractivity contribution in [3.05, 3.63) is 60.2 Å². The van der Waals surface area contributed by atoms with E-state index in [9.17, 15) is 9.59 Å². The number of ether oxygens (including phenoxy) is 2. The largest absolute Gasteiger partial charge is 0.486 e. The maximum atomic E-state index is 14.0. The average molecular weight is 533 g/mol. The van der Waals surface area contributed by atoms with Crippen molar-refractivity contribution >= 4 is 17.5 Å². The molecule has 1 atom stereocenters. The number of tetrazole rings is 1. The van der Waals surface area contributed by atoms with Crippen LogP contribution in [-0.4, -0.2) is 51.3 Å². The number of anilines is 1. The van der Waals surface area contributed by atoms with Gasteiger partial charge in [0.2, 0.25) is 5.82 Å². The minimum absolute atomic E-state index is 0.0449. The fraction of sp³-hybridized carbons (Fsp3) is 0.370. The Hall–Kier alpha value is -4.61. The van der Waals surface area contributed by atoms with E-state index < -0.39 is 11.9 Å². The Bertz CT molecular complexity index is 1460. The lowest BCUT2D eigenvalue weighted by molar-refractivity contribution is -0.128. The lowest BCUT2D eigenvalue weighted by Crippen LogP contribution is -2.47. The van der Waals surface area contributed by atoms with Gasteiger partial charge < -0.3 is 23.6 Å². The lowest BCUT2D eigenvalue weighted by Gasteiger charge is -2.31. The van der Waals surface area contributed by atoms with Crippen molar-refractivity contribution in [1.82, 2.24) is 25.5 Å². The molecule has 12 heteroatoms. The standard InChI is InChI=1S/C27H28N6O6/c1-17-8-10-22(39-17)26-29-31-32(30-26)16-24(34)33(19-9-11-20-23(15-19)38-14-13-37-20)25(21-7-4-12-36-21)27(35)28-18-5-2-3-6-18/h4,7-12,15,18,25H,2-3,5-6,13-14,16H2,1H3,(H,28,35). The van der Waals surface area contributed by atoms with E-state index in [4.69, 9.17) is 18.3 Å². The molecule has 1 saturated carbocycles. The van der Waals surface area contributed by atoms with Gasteiger partial charge in [-0.1, -0.05) is 12.8 Å². The highest BCUT2D eigenvalue weighted by Gasteiger charge is 2.37. The minimum Gasteiger partial charge on any atom is -0.486 e. The molecule has 0 saturated heterocycles. The molecular weight excluding hydrogens is 504 g/mol. The van der Waals surface area contributed by atoms with Crippen LogP contribution in [0.15, 0.2) is 57.6 Å².